The molecule has 0 aromatic rings. The third-order valence-corrected chi connectivity index (χ3v) is 4.38. The molecule has 0 bridgehead atoms. The van der Waals surface area contributed by atoms with Crippen LogP contribution in [-0.4, -0.2) is 30.6 Å². The van der Waals surface area contributed by atoms with Crippen LogP contribution in [0.4, 0.5) is 4.79 Å². The zero-order chi connectivity index (χ0) is 14.8. The second-order valence-electron chi connectivity index (χ2n) is 8.08. The summed E-state index contributed by atoms with van der Waals surface area (Å²) in [6.07, 6.45) is 1.02. The molecule has 3 nitrogen and oxygen atoms in total. The maximum absolute atomic E-state index is 12.2. The average Bonchev–Trinajstić information content (AvgIpc) is 2.38. The molecule has 1 aliphatic rings. The van der Waals surface area contributed by atoms with E-state index in [1.54, 1.807) is 0 Å². The van der Waals surface area contributed by atoms with Crippen molar-refractivity contribution in [3.8, 4) is 0 Å². The van der Waals surface area contributed by atoms with Crippen LogP contribution in [0.1, 0.15) is 54.9 Å². The number of carbonyl (C=O) groups is 1. The molecular formula is C16H32N2O. The first-order chi connectivity index (χ1) is 8.57. The molecule has 1 fully saturated rings. The Balaban J connectivity index is 3.04. The van der Waals surface area contributed by atoms with Gasteiger partial charge in [-0.15, -0.1) is 0 Å². The monoisotopic (exact) mass is 268 g/mol. The molecule has 19 heavy (non-hydrogen) atoms. The molecular weight excluding hydrogens is 236 g/mol. The average molecular weight is 268 g/mol. The summed E-state index contributed by atoms with van der Waals surface area (Å²) in [5, 5.41) is 3.13. The second kappa shape index (κ2) is 5.72. The van der Waals surface area contributed by atoms with Gasteiger partial charge in [0.05, 0.1) is 0 Å². The Kier molecular flexibility index (Phi) is 4.91. The summed E-state index contributed by atoms with van der Waals surface area (Å²) in [5.74, 6) is 1.04. The minimum absolute atomic E-state index is 0.114. The number of nitrogens with one attached hydrogen (secondary N) is 1. The van der Waals surface area contributed by atoms with E-state index in [-0.39, 0.29) is 16.9 Å². The Morgan fingerprint density at radius 3 is 2.05 bits per heavy atom. The van der Waals surface area contributed by atoms with Gasteiger partial charge in [-0.3, -0.25) is 0 Å². The highest BCUT2D eigenvalue weighted by Crippen LogP contribution is 2.42. The van der Waals surface area contributed by atoms with Crippen molar-refractivity contribution in [1.29, 1.82) is 0 Å². The van der Waals surface area contributed by atoms with Crippen LogP contribution in [0.5, 0.6) is 0 Å². The van der Waals surface area contributed by atoms with E-state index < -0.39 is 0 Å². The number of rotatable bonds is 2. The first kappa shape index (κ1) is 16.3. The van der Waals surface area contributed by atoms with Crippen molar-refractivity contribution in [1.82, 2.24) is 10.2 Å². The number of carbonyl (C=O) groups excluding carboxylic acids is 1. The minimum atomic E-state index is 0.114. The van der Waals surface area contributed by atoms with Gasteiger partial charge in [-0.05, 0) is 29.1 Å². The second-order valence-corrected chi connectivity index (χ2v) is 8.08. The van der Waals surface area contributed by atoms with Crippen molar-refractivity contribution in [3.63, 3.8) is 0 Å². The fourth-order valence-electron chi connectivity index (χ4n) is 3.15. The van der Waals surface area contributed by atoms with E-state index in [1.165, 1.54) is 0 Å². The number of hydrogen-bond donors (Lipinski definition) is 1. The molecule has 3 heteroatoms. The zero-order valence-corrected chi connectivity index (χ0v) is 13.8. The number of urea groups is 1. The molecule has 0 aliphatic carbocycles. The van der Waals surface area contributed by atoms with Gasteiger partial charge in [-0.2, -0.15) is 0 Å². The van der Waals surface area contributed by atoms with Crippen LogP contribution < -0.4 is 5.32 Å². The van der Waals surface area contributed by atoms with Crippen LogP contribution in [0.25, 0.3) is 0 Å². The Morgan fingerprint density at radius 1 is 1.11 bits per heavy atom. The molecule has 1 heterocycles. The van der Waals surface area contributed by atoms with Gasteiger partial charge in [0.15, 0.2) is 0 Å². The molecule has 1 saturated heterocycles. The van der Waals surface area contributed by atoms with Crippen molar-refractivity contribution in [3.05, 3.63) is 0 Å². The Bertz CT molecular complexity index is 312. The van der Waals surface area contributed by atoms with Gasteiger partial charge < -0.3 is 10.2 Å². The quantitative estimate of drug-likeness (QED) is 0.813. The van der Waals surface area contributed by atoms with Crippen LogP contribution in [0.15, 0.2) is 0 Å². The van der Waals surface area contributed by atoms with Crippen LogP contribution in [0.3, 0.4) is 0 Å². The van der Waals surface area contributed by atoms with Gasteiger partial charge in [0.1, 0.15) is 0 Å². The summed E-state index contributed by atoms with van der Waals surface area (Å²) in [5.41, 5.74) is 0.434. The third-order valence-electron chi connectivity index (χ3n) is 4.38. The summed E-state index contributed by atoms with van der Waals surface area (Å²) in [6, 6.07) is 0.114. The fourth-order valence-corrected chi connectivity index (χ4v) is 3.15. The highest BCUT2D eigenvalue weighted by atomic mass is 16.2. The van der Waals surface area contributed by atoms with E-state index in [9.17, 15) is 4.79 Å². The first-order valence-electron chi connectivity index (χ1n) is 7.60. The molecule has 1 N–H and O–H groups in total. The molecule has 0 aromatic heterocycles. The SMILES string of the molecule is CCCN1CC(C(C)(C)C)C(C(C)(C)C)CNC1=O. The first-order valence-corrected chi connectivity index (χ1v) is 7.60. The number of hydrogen-bond acceptors (Lipinski definition) is 1. The van der Waals surface area contributed by atoms with Crippen LogP contribution >= 0.6 is 0 Å². The zero-order valence-electron chi connectivity index (χ0n) is 13.8. The molecule has 0 spiro atoms. The molecule has 2 unspecified atom stereocenters. The maximum atomic E-state index is 12.2. The van der Waals surface area contributed by atoms with Crippen molar-refractivity contribution >= 4 is 6.03 Å². The molecule has 0 aromatic carbocycles. The summed E-state index contributed by atoms with van der Waals surface area (Å²) in [6.45, 7) is 18.4. The van der Waals surface area contributed by atoms with Crippen molar-refractivity contribution in [2.45, 2.75) is 54.9 Å². The van der Waals surface area contributed by atoms with Crippen molar-refractivity contribution < 1.29 is 4.79 Å². The normalized spacial score (nSPS) is 26.1. The standard InChI is InChI=1S/C16H32N2O/c1-8-9-18-11-13(16(5,6)7)12(15(2,3)4)10-17-14(18)19/h12-13H,8-11H2,1-7H3,(H,17,19). The van der Waals surface area contributed by atoms with E-state index in [0.717, 1.165) is 26.1 Å². The molecule has 1 rings (SSSR count). The molecule has 2 amide bonds. The van der Waals surface area contributed by atoms with Gasteiger partial charge in [-0.25, -0.2) is 4.79 Å². The molecule has 2 atom stereocenters. The van der Waals surface area contributed by atoms with Crippen LogP contribution in [-0.2, 0) is 0 Å². The van der Waals surface area contributed by atoms with E-state index in [2.05, 4.69) is 53.8 Å². The highest BCUT2D eigenvalue weighted by molar-refractivity contribution is 5.74. The Hall–Kier alpha value is -0.730. The summed E-state index contributed by atoms with van der Waals surface area (Å²) >= 11 is 0. The summed E-state index contributed by atoms with van der Waals surface area (Å²) in [4.78, 5) is 14.2. The molecule has 1 aliphatic heterocycles. The predicted molar refractivity (Wildman–Crippen MR) is 81.2 cm³/mol. The lowest BCUT2D eigenvalue weighted by atomic mass is 9.64. The van der Waals surface area contributed by atoms with Gasteiger partial charge in [-0.1, -0.05) is 48.5 Å². The molecule has 112 valence electrons. The van der Waals surface area contributed by atoms with Crippen LogP contribution in [0, 0.1) is 22.7 Å². The van der Waals surface area contributed by atoms with E-state index in [4.69, 9.17) is 0 Å². The largest absolute Gasteiger partial charge is 0.338 e. The fraction of sp³-hybridized carbons (Fsp3) is 0.938. The molecule has 0 radical (unpaired) electrons. The van der Waals surface area contributed by atoms with Crippen molar-refractivity contribution in [2.24, 2.45) is 22.7 Å². The smallest absolute Gasteiger partial charge is 0.317 e. The lowest BCUT2D eigenvalue weighted by molar-refractivity contribution is 0.0636. The topological polar surface area (TPSA) is 32.3 Å². The van der Waals surface area contributed by atoms with E-state index in [1.807, 2.05) is 4.90 Å². The predicted octanol–water partition coefficient (Wildman–Crippen LogP) is 3.75. The van der Waals surface area contributed by atoms with Crippen molar-refractivity contribution in [2.75, 3.05) is 19.6 Å². The van der Waals surface area contributed by atoms with E-state index >= 15 is 0 Å². The van der Waals surface area contributed by atoms with Crippen LogP contribution in [0.2, 0.25) is 0 Å². The third kappa shape index (κ3) is 4.12. The number of amides is 2. The van der Waals surface area contributed by atoms with Gasteiger partial charge in [0.25, 0.3) is 0 Å². The van der Waals surface area contributed by atoms with Gasteiger partial charge in [0, 0.05) is 19.6 Å². The lowest BCUT2D eigenvalue weighted by Crippen LogP contribution is -2.43. The molecule has 0 saturated carbocycles. The summed E-state index contributed by atoms with van der Waals surface area (Å²) < 4.78 is 0. The summed E-state index contributed by atoms with van der Waals surface area (Å²) in [7, 11) is 0. The lowest BCUT2D eigenvalue weighted by Gasteiger charge is -2.43. The Labute approximate surface area is 119 Å². The highest BCUT2D eigenvalue weighted by Gasteiger charge is 2.42. The number of nitrogens with zero attached hydrogens (tertiary/aromatic N) is 1. The van der Waals surface area contributed by atoms with Gasteiger partial charge >= 0.3 is 6.03 Å². The maximum Gasteiger partial charge on any atom is 0.317 e. The van der Waals surface area contributed by atoms with Gasteiger partial charge in [0.2, 0.25) is 0 Å². The Morgan fingerprint density at radius 2 is 1.63 bits per heavy atom. The van der Waals surface area contributed by atoms with E-state index in [0.29, 0.717) is 11.8 Å². The minimum Gasteiger partial charge on any atom is -0.338 e.